The van der Waals surface area contributed by atoms with Crippen molar-refractivity contribution in [3.63, 3.8) is 0 Å². The highest BCUT2D eigenvalue weighted by atomic mass is 16.5. The minimum absolute atomic E-state index is 0.00606. The number of hydrogen-bond acceptors (Lipinski definition) is 5. The number of carbonyl (C=O) groups excluding carboxylic acids is 1. The van der Waals surface area contributed by atoms with Crippen LogP contribution in [0.3, 0.4) is 0 Å². The SMILES string of the molecule is Cn1ccnc1C(=O)N1CCC[C@H]1c1ccnc(CN2CCOCC2)c1. The molecule has 26 heavy (non-hydrogen) atoms. The van der Waals surface area contributed by atoms with Crippen LogP contribution >= 0.6 is 0 Å². The molecule has 0 N–H and O–H groups in total. The molecule has 0 aliphatic carbocycles. The van der Waals surface area contributed by atoms with Crippen molar-refractivity contribution in [3.8, 4) is 0 Å². The monoisotopic (exact) mass is 355 g/mol. The number of hydrogen-bond donors (Lipinski definition) is 0. The number of morpholine rings is 1. The van der Waals surface area contributed by atoms with E-state index in [1.165, 1.54) is 5.56 Å². The van der Waals surface area contributed by atoms with E-state index in [0.717, 1.165) is 57.9 Å². The number of amides is 1. The van der Waals surface area contributed by atoms with Crippen molar-refractivity contribution in [2.45, 2.75) is 25.4 Å². The first-order chi connectivity index (χ1) is 12.7. The van der Waals surface area contributed by atoms with Crippen LogP contribution in [-0.4, -0.2) is 63.1 Å². The Morgan fingerprint density at radius 2 is 2.08 bits per heavy atom. The van der Waals surface area contributed by atoms with Gasteiger partial charge in [-0.1, -0.05) is 0 Å². The van der Waals surface area contributed by atoms with Gasteiger partial charge in [0.25, 0.3) is 5.91 Å². The number of likely N-dealkylation sites (tertiary alicyclic amines) is 1. The number of aryl methyl sites for hydroxylation is 1. The van der Waals surface area contributed by atoms with Gasteiger partial charge in [-0.25, -0.2) is 4.98 Å². The first-order valence-electron chi connectivity index (χ1n) is 9.25. The molecule has 2 aromatic rings. The van der Waals surface area contributed by atoms with Gasteiger partial charge in [0.1, 0.15) is 0 Å². The van der Waals surface area contributed by atoms with Gasteiger partial charge in [-0.05, 0) is 30.5 Å². The minimum atomic E-state index is 0.00606. The molecule has 0 saturated carbocycles. The molecule has 4 heterocycles. The van der Waals surface area contributed by atoms with Crippen molar-refractivity contribution in [2.75, 3.05) is 32.8 Å². The number of rotatable bonds is 4. The summed E-state index contributed by atoms with van der Waals surface area (Å²) in [7, 11) is 1.86. The molecule has 2 fully saturated rings. The third-order valence-corrected chi connectivity index (χ3v) is 5.24. The zero-order valence-corrected chi connectivity index (χ0v) is 15.2. The topological polar surface area (TPSA) is 63.5 Å². The molecule has 1 amide bonds. The van der Waals surface area contributed by atoms with E-state index in [0.29, 0.717) is 5.82 Å². The van der Waals surface area contributed by atoms with E-state index in [1.54, 1.807) is 10.8 Å². The fourth-order valence-corrected chi connectivity index (χ4v) is 3.84. The summed E-state index contributed by atoms with van der Waals surface area (Å²) in [6.45, 7) is 5.06. The second kappa shape index (κ2) is 7.55. The van der Waals surface area contributed by atoms with Crippen LogP contribution in [0.1, 0.15) is 40.8 Å². The molecule has 2 aliphatic rings. The molecular formula is C19H25N5O2. The summed E-state index contributed by atoms with van der Waals surface area (Å²) in [4.78, 5) is 26.0. The van der Waals surface area contributed by atoms with Gasteiger partial charge in [-0.2, -0.15) is 0 Å². The molecule has 0 unspecified atom stereocenters. The van der Waals surface area contributed by atoms with Crippen LogP contribution in [-0.2, 0) is 18.3 Å². The lowest BCUT2D eigenvalue weighted by Crippen LogP contribution is -2.36. The normalized spacial score (nSPS) is 21.3. The number of ether oxygens (including phenoxy) is 1. The van der Waals surface area contributed by atoms with E-state index in [4.69, 9.17) is 4.74 Å². The Balaban J connectivity index is 1.51. The third kappa shape index (κ3) is 3.50. The van der Waals surface area contributed by atoms with E-state index in [-0.39, 0.29) is 11.9 Å². The fourth-order valence-electron chi connectivity index (χ4n) is 3.84. The summed E-state index contributed by atoms with van der Waals surface area (Å²) in [5.74, 6) is 0.506. The predicted octanol–water partition coefficient (Wildman–Crippen LogP) is 1.62. The highest BCUT2D eigenvalue weighted by Crippen LogP contribution is 2.33. The van der Waals surface area contributed by atoms with Crippen LogP contribution < -0.4 is 0 Å². The molecule has 1 atom stereocenters. The maximum Gasteiger partial charge on any atom is 0.290 e. The highest BCUT2D eigenvalue weighted by molar-refractivity contribution is 5.91. The van der Waals surface area contributed by atoms with E-state index in [1.807, 2.05) is 30.4 Å². The Morgan fingerprint density at radius 1 is 1.23 bits per heavy atom. The Morgan fingerprint density at radius 3 is 2.85 bits per heavy atom. The average molecular weight is 355 g/mol. The molecule has 0 bridgehead atoms. The Labute approximate surface area is 153 Å². The zero-order valence-electron chi connectivity index (χ0n) is 15.2. The molecule has 0 radical (unpaired) electrons. The van der Waals surface area contributed by atoms with Gasteiger partial charge in [0.05, 0.1) is 24.9 Å². The van der Waals surface area contributed by atoms with Crippen molar-refractivity contribution in [3.05, 3.63) is 47.8 Å². The summed E-state index contributed by atoms with van der Waals surface area (Å²) in [6.07, 6.45) is 7.35. The van der Waals surface area contributed by atoms with Crippen LogP contribution in [0.2, 0.25) is 0 Å². The molecule has 0 spiro atoms. The molecule has 7 heteroatoms. The number of carbonyl (C=O) groups is 1. The predicted molar refractivity (Wildman–Crippen MR) is 96.6 cm³/mol. The Bertz CT molecular complexity index is 769. The van der Waals surface area contributed by atoms with Gasteiger partial charge in [-0.15, -0.1) is 0 Å². The average Bonchev–Trinajstić information content (AvgIpc) is 3.31. The lowest BCUT2D eigenvalue weighted by atomic mass is 10.0. The molecule has 2 saturated heterocycles. The van der Waals surface area contributed by atoms with Gasteiger partial charge in [0.2, 0.25) is 0 Å². The highest BCUT2D eigenvalue weighted by Gasteiger charge is 2.32. The fraction of sp³-hybridized carbons (Fsp3) is 0.526. The summed E-state index contributed by atoms with van der Waals surface area (Å²) < 4.78 is 7.20. The molecule has 0 aromatic carbocycles. The summed E-state index contributed by atoms with van der Waals surface area (Å²) in [6, 6.07) is 4.30. The second-order valence-corrected chi connectivity index (χ2v) is 6.99. The molecule has 2 aliphatic heterocycles. The van der Waals surface area contributed by atoms with E-state index in [9.17, 15) is 4.79 Å². The van der Waals surface area contributed by atoms with Crippen LogP contribution in [0, 0.1) is 0 Å². The van der Waals surface area contributed by atoms with Crippen LogP contribution in [0.25, 0.3) is 0 Å². The van der Waals surface area contributed by atoms with Crippen molar-refractivity contribution >= 4 is 5.91 Å². The maximum absolute atomic E-state index is 12.9. The first-order valence-corrected chi connectivity index (χ1v) is 9.25. The van der Waals surface area contributed by atoms with Crippen LogP contribution in [0.4, 0.5) is 0 Å². The van der Waals surface area contributed by atoms with E-state index < -0.39 is 0 Å². The van der Waals surface area contributed by atoms with Crippen molar-refractivity contribution in [1.29, 1.82) is 0 Å². The van der Waals surface area contributed by atoms with E-state index in [2.05, 4.69) is 20.9 Å². The van der Waals surface area contributed by atoms with Gasteiger partial charge in [-0.3, -0.25) is 14.7 Å². The molecule has 138 valence electrons. The van der Waals surface area contributed by atoms with E-state index >= 15 is 0 Å². The van der Waals surface area contributed by atoms with Gasteiger partial charge in [0.15, 0.2) is 5.82 Å². The van der Waals surface area contributed by atoms with Crippen molar-refractivity contribution < 1.29 is 9.53 Å². The first kappa shape index (κ1) is 17.2. The van der Waals surface area contributed by atoms with Crippen molar-refractivity contribution in [2.24, 2.45) is 7.05 Å². The summed E-state index contributed by atoms with van der Waals surface area (Å²) >= 11 is 0. The zero-order chi connectivity index (χ0) is 17.9. The maximum atomic E-state index is 12.9. The third-order valence-electron chi connectivity index (χ3n) is 5.24. The molecule has 7 nitrogen and oxygen atoms in total. The smallest absolute Gasteiger partial charge is 0.290 e. The number of nitrogens with zero attached hydrogens (tertiary/aromatic N) is 5. The number of pyridine rings is 1. The number of aromatic nitrogens is 3. The number of imidazole rings is 1. The lowest BCUT2D eigenvalue weighted by Gasteiger charge is -2.27. The Kier molecular flexibility index (Phi) is 4.99. The largest absolute Gasteiger partial charge is 0.379 e. The second-order valence-electron chi connectivity index (χ2n) is 6.99. The van der Waals surface area contributed by atoms with Crippen LogP contribution in [0.15, 0.2) is 30.7 Å². The molecule has 4 rings (SSSR count). The summed E-state index contributed by atoms with van der Waals surface area (Å²) in [5.41, 5.74) is 2.23. The van der Waals surface area contributed by atoms with Gasteiger partial charge >= 0.3 is 0 Å². The lowest BCUT2D eigenvalue weighted by molar-refractivity contribution is 0.0336. The minimum Gasteiger partial charge on any atom is -0.379 e. The quantitative estimate of drug-likeness (QED) is 0.834. The molecular weight excluding hydrogens is 330 g/mol. The van der Waals surface area contributed by atoms with Crippen LogP contribution in [0.5, 0.6) is 0 Å². The van der Waals surface area contributed by atoms with Gasteiger partial charge in [0, 0.05) is 51.8 Å². The standard InChI is InChI=1S/C19H25N5O2/c1-22-8-6-21-18(22)19(25)24-7-2-3-17(24)15-4-5-20-16(13-15)14-23-9-11-26-12-10-23/h4-6,8,13,17H,2-3,7,9-12,14H2,1H3/t17-/m0/s1. The Hall–Kier alpha value is -2.25. The molecule has 2 aromatic heterocycles. The van der Waals surface area contributed by atoms with Crippen molar-refractivity contribution in [1.82, 2.24) is 24.3 Å². The summed E-state index contributed by atoms with van der Waals surface area (Å²) in [5, 5.41) is 0. The van der Waals surface area contributed by atoms with Gasteiger partial charge < -0.3 is 14.2 Å².